The minimum Gasteiger partial charge on any atom is -0.326 e. The molecule has 0 aliphatic carbocycles. The average Bonchev–Trinajstić information content (AvgIpc) is 2.60. The summed E-state index contributed by atoms with van der Waals surface area (Å²) in [4.78, 5) is 20.8. The van der Waals surface area contributed by atoms with Gasteiger partial charge in [-0.1, -0.05) is 29.8 Å². The molecule has 2 N–H and O–H groups in total. The number of hydrogen-bond acceptors (Lipinski definition) is 6. The van der Waals surface area contributed by atoms with Crippen LogP contribution in [-0.4, -0.2) is 20.7 Å². The van der Waals surface area contributed by atoms with E-state index in [1.165, 1.54) is 30.3 Å². The second kappa shape index (κ2) is 8.32. The molecule has 2 aromatic rings. The number of benzene rings is 2. The number of hydrogen-bond donors (Lipinski definition) is 2. The van der Waals surface area contributed by atoms with Crippen LogP contribution in [0.2, 0.25) is 5.02 Å². The van der Waals surface area contributed by atoms with Crippen molar-refractivity contribution in [2.45, 2.75) is 6.92 Å². The van der Waals surface area contributed by atoms with E-state index in [1.54, 1.807) is 19.1 Å². The molecule has 134 valence electrons. The van der Waals surface area contributed by atoms with Crippen molar-refractivity contribution in [2.75, 3.05) is 5.32 Å². The maximum absolute atomic E-state index is 11.0. The molecule has 2 rings (SSSR count). The first-order valence-electron chi connectivity index (χ1n) is 7.08. The van der Waals surface area contributed by atoms with Gasteiger partial charge in [-0.15, -0.1) is 0 Å². The Labute approximate surface area is 158 Å². The summed E-state index contributed by atoms with van der Waals surface area (Å²) in [6.45, 7) is 1.62. The van der Waals surface area contributed by atoms with Gasteiger partial charge in [-0.2, -0.15) is 5.10 Å². The molecule has 0 saturated heterocycles. The zero-order chi connectivity index (χ0) is 19.3. The van der Waals surface area contributed by atoms with E-state index in [4.69, 9.17) is 23.8 Å². The molecule has 9 nitrogen and oxygen atoms in total. The van der Waals surface area contributed by atoms with Crippen LogP contribution in [-0.2, 0) is 0 Å². The molecule has 0 bridgehead atoms. The summed E-state index contributed by atoms with van der Waals surface area (Å²) in [5, 5.41) is 28.7. The van der Waals surface area contributed by atoms with Gasteiger partial charge in [-0.3, -0.25) is 25.7 Å². The minimum absolute atomic E-state index is 0.0214. The van der Waals surface area contributed by atoms with Gasteiger partial charge >= 0.3 is 0 Å². The topological polar surface area (TPSA) is 123 Å². The Morgan fingerprint density at radius 1 is 1.12 bits per heavy atom. The number of nitrogens with zero attached hydrogens (tertiary/aromatic N) is 3. The lowest BCUT2D eigenvalue weighted by Gasteiger charge is -2.08. The smallest absolute Gasteiger partial charge is 0.292 e. The van der Waals surface area contributed by atoms with Crippen LogP contribution in [0.15, 0.2) is 47.6 Å². The van der Waals surface area contributed by atoms with E-state index in [9.17, 15) is 20.2 Å². The highest BCUT2D eigenvalue weighted by molar-refractivity contribution is 7.80. The van der Waals surface area contributed by atoms with Crippen molar-refractivity contribution >= 4 is 51.7 Å². The third-order valence-corrected chi connectivity index (χ3v) is 3.75. The van der Waals surface area contributed by atoms with Crippen LogP contribution in [0, 0.1) is 20.2 Å². The van der Waals surface area contributed by atoms with Gasteiger partial charge in [0.25, 0.3) is 11.4 Å². The zero-order valence-electron chi connectivity index (χ0n) is 13.3. The number of thiocarbonyl (C=S) groups is 1. The number of halogens is 1. The van der Waals surface area contributed by atoms with Crippen LogP contribution in [0.3, 0.4) is 0 Å². The Hall–Kier alpha value is -3.11. The predicted molar refractivity (Wildman–Crippen MR) is 103 cm³/mol. The van der Waals surface area contributed by atoms with Crippen LogP contribution >= 0.6 is 23.8 Å². The van der Waals surface area contributed by atoms with Crippen molar-refractivity contribution in [3.05, 3.63) is 73.3 Å². The molecule has 0 aromatic heterocycles. The van der Waals surface area contributed by atoms with Crippen molar-refractivity contribution in [1.82, 2.24) is 5.43 Å². The first-order valence-corrected chi connectivity index (χ1v) is 7.87. The fourth-order valence-electron chi connectivity index (χ4n) is 1.97. The molecular formula is C15H12ClN5O4S. The molecule has 0 heterocycles. The average molecular weight is 394 g/mol. The summed E-state index contributed by atoms with van der Waals surface area (Å²) in [5.41, 5.74) is 3.27. The third-order valence-electron chi connectivity index (χ3n) is 3.23. The molecule has 0 spiro atoms. The Morgan fingerprint density at radius 2 is 1.77 bits per heavy atom. The summed E-state index contributed by atoms with van der Waals surface area (Å²) in [6.07, 6.45) is 0. The van der Waals surface area contributed by atoms with Crippen LogP contribution in [0.1, 0.15) is 12.5 Å². The van der Waals surface area contributed by atoms with Gasteiger partial charge in [0.1, 0.15) is 10.7 Å². The summed E-state index contributed by atoms with van der Waals surface area (Å²) in [5.74, 6) is 0. The molecule has 0 atom stereocenters. The van der Waals surface area contributed by atoms with Crippen molar-refractivity contribution in [3.63, 3.8) is 0 Å². The predicted octanol–water partition coefficient (Wildman–Crippen LogP) is 3.87. The number of hydrazone groups is 1. The van der Waals surface area contributed by atoms with E-state index in [0.29, 0.717) is 11.3 Å². The van der Waals surface area contributed by atoms with E-state index >= 15 is 0 Å². The Balaban J connectivity index is 2.12. The van der Waals surface area contributed by atoms with Crippen molar-refractivity contribution in [1.29, 1.82) is 0 Å². The highest BCUT2D eigenvalue weighted by atomic mass is 35.5. The molecule has 0 fully saturated rings. The van der Waals surface area contributed by atoms with Crippen molar-refractivity contribution in [3.8, 4) is 0 Å². The fraction of sp³-hybridized carbons (Fsp3) is 0.0667. The lowest BCUT2D eigenvalue weighted by molar-refractivity contribution is -0.384. The maximum atomic E-state index is 11.0. The molecule has 2 aromatic carbocycles. The fourth-order valence-corrected chi connectivity index (χ4v) is 2.31. The molecule has 0 saturated carbocycles. The van der Waals surface area contributed by atoms with E-state index in [1.807, 2.05) is 0 Å². The van der Waals surface area contributed by atoms with Gasteiger partial charge in [-0.25, -0.2) is 0 Å². The molecule has 0 aliphatic rings. The van der Waals surface area contributed by atoms with E-state index in [0.717, 1.165) is 0 Å². The molecule has 26 heavy (non-hydrogen) atoms. The van der Waals surface area contributed by atoms with Crippen LogP contribution < -0.4 is 10.7 Å². The number of nitrogens with one attached hydrogen (secondary N) is 2. The number of nitro groups is 2. The maximum Gasteiger partial charge on any atom is 0.292 e. The minimum atomic E-state index is -0.590. The van der Waals surface area contributed by atoms with Gasteiger partial charge < -0.3 is 5.32 Å². The van der Waals surface area contributed by atoms with Gasteiger partial charge in [-0.05, 0) is 31.3 Å². The Bertz CT molecular complexity index is 919. The summed E-state index contributed by atoms with van der Waals surface area (Å²) >= 11 is 10.8. The van der Waals surface area contributed by atoms with Crippen LogP contribution in [0.25, 0.3) is 0 Å². The molecule has 11 heteroatoms. The summed E-state index contributed by atoms with van der Waals surface area (Å²) in [7, 11) is 0. The standard InChI is InChI=1S/C15H12ClN5O4S/c1-9(10-6-7-11(16)14(8-10)21(24)25)18-19-15(26)17-12-4-2-3-5-13(12)20(22)23/h2-8H,1H3,(H2,17,19,26)/b18-9-. The summed E-state index contributed by atoms with van der Waals surface area (Å²) < 4.78 is 0. The Morgan fingerprint density at radius 3 is 2.42 bits per heavy atom. The zero-order valence-corrected chi connectivity index (χ0v) is 14.9. The quantitative estimate of drug-likeness (QED) is 0.342. The number of para-hydroxylation sites is 2. The lowest BCUT2D eigenvalue weighted by atomic mass is 10.1. The second-order valence-electron chi connectivity index (χ2n) is 4.96. The van der Waals surface area contributed by atoms with Gasteiger partial charge in [0, 0.05) is 17.7 Å². The normalized spacial score (nSPS) is 10.9. The molecule has 0 radical (unpaired) electrons. The van der Waals surface area contributed by atoms with Crippen LogP contribution in [0.5, 0.6) is 0 Å². The third kappa shape index (κ3) is 4.71. The Kier molecular flexibility index (Phi) is 6.15. The number of rotatable bonds is 5. The van der Waals surface area contributed by atoms with Crippen LogP contribution in [0.4, 0.5) is 17.1 Å². The van der Waals surface area contributed by atoms with Gasteiger partial charge in [0.2, 0.25) is 0 Å². The SMILES string of the molecule is C/C(=N/NC(=S)Nc1ccccc1[N+](=O)[O-])c1ccc(Cl)c([N+](=O)[O-])c1. The first kappa shape index (κ1) is 19.2. The first-order chi connectivity index (χ1) is 12.3. The van der Waals surface area contributed by atoms with E-state index < -0.39 is 9.85 Å². The molecule has 0 amide bonds. The monoisotopic (exact) mass is 393 g/mol. The van der Waals surface area contributed by atoms with Gasteiger partial charge in [0.15, 0.2) is 5.11 Å². The summed E-state index contributed by atoms with van der Waals surface area (Å²) in [6, 6.07) is 10.3. The van der Waals surface area contributed by atoms with Crippen molar-refractivity contribution in [2.24, 2.45) is 5.10 Å². The number of nitro benzene ring substituents is 2. The molecular weight excluding hydrogens is 382 g/mol. The highest BCUT2D eigenvalue weighted by Gasteiger charge is 2.15. The highest BCUT2D eigenvalue weighted by Crippen LogP contribution is 2.25. The van der Waals surface area contributed by atoms with Gasteiger partial charge in [0.05, 0.1) is 15.6 Å². The molecule has 0 aliphatic heterocycles. The van der Waals surface area contributed by atoms with Crippen molar-refractivity contribution < 1.29 is 9.85 Å². The second-order valence-corrected chi connectivity index (χ2v) is 5.78. The van der Waals surface area contributed by atoms with E-state index in [2.05, 4.69) is 15.8 Å². The largest absolute Gasteiger partial charge is 0.326 e. The lowest BCUT2D eigenvalue weighted by Crippen LogP contribution is -2.25. The van der Waals surface area contributed by atoms with E-state index in [-0.39, 0.29) is 27.2 Å². The number of anilines is 1. The molecule has 0 unspecified atom stereocenters.